The minimum Gasteiger partial charge on any atom is -0.481 e. The van der Waals surface area contributed by atoms with Gasteiger partial charge in [-0.25, -0.2) is 4.39 Å². The number of carboxylic acids is 1. The number of aromatic nitrogens is 18. The van der Waals surface area contributed by atoms with E-state index in [1.54, 1.807) is 123 Å². The Labute approximate surface area is 803 Å². The monoisotopic (exact) mass is 1910 g/mol. The molecule has 3 N–H and O–H groups in total. The first kappa shape index (κ1) is 102. The lowest BCUT2D eigenvalue weighted by Gasteiger charge is -2.67. The lowest BCUT2D eigenvalue weighted by atomic mass is 9.34. The number of rotatable bonds is 17. The zero-order valence-corrected chi connectivity index (χ0v) is 82.1. The summed E-state index contributed by atoms with van der Waals surface area (Å²) in [5.41, 5.74) is 4.36. The third-order valence-corrected chi connectivity index (χ3v) is 28.8. The number of carbonyl (C=O) groups excluding carboxylic acids is 6. The number of nitrogens with zero attached hydrogens (tertiary/aromatic N) is 19. The van der Waals surface area contributed by atoms with Crippen LogP contribution in [0.1, 0.15) is 338 Å². The maximum atomic E-state index is 13.4. The molecule has 38 nitrogen and oxygen atoms in total. The van der Waals surface area contributed by atoms with Crippen LogP contribution in [0.4, 0.5) is 4.39 Å². The molecule has 12 fully saturated rings. The fraction of sp³-hybridized carbons (Fsp3) is 0.570. The molecule has 2 amide bonds. The Morgan fingerprint density at radius 2 is 0.755 bits per heavy atom. The second kappa shape index (κ2) is 43.5. The molecule has 24 rings (SSSR count). The number of hydrogen-bond acceptors (Lipinski definition) is 35. The molecule has 3 aromatic carbocycles. The number of aliphatic hydroxyl groups excluding tert-OH is 1. The van der Waals surface area contributed by atoms with Gasteiger partial charge in [-0.05, 0) is 322 Å². The molecule has 0 aliphatic heterocycles. The predicted molar refractivity (Wildman–Crippen MR) is 495 cm³/mol. The van der Waals surface area contributed by atoms with E-state index in [1.807, 2.05) is 53.7 Å². The number of Topliss-reactive ketones (excluding diaryl/α,β-unsaturated/α-hetero) is 4. The molecule has 39 heteroatoms. The standard InChI is InChI=1S/C13H13N3O2.C12H13N3O2.C12H16N2O3.C12H16N2O2.C11H10N2O2.C10H15FN2O.C10H12N2O2.C10H14N2O2.C10H16N2O2/c1-8-14-13(18-16-8)10-4-2-9(3-5-10)12(17)15-11-6-7-11;1-8-13-11(17-14-8)9-4-6-10(7-5-9)12(16)15(2)3;1-8-13-9(17-14-8)11-2-5-12(6-3-11,7-4-11)10(15)16;1-7(15)9-3-12(4-9)5-10(6-12)11-13-8(2)14-16-11;1-7(14)9-3-5-10(6-4-9)11-12-8(2)13-15-11;1-6-3-4-8(5-9(6)11)10-12-7(2)13-14-10;1-6(13)9-3-10(4-9,5-9)8-11-7(2)12-14-8;1-6(13)8-3-4-9(5-8)10-11-7(2)12-14-10;1-6-3-4-8(5-9(6)13)10-11-7(2)12-14-10/h2-5,11H,6-7H2,1H3,(H,15,17);4-7H,1-3H3;2-7H2,1H3,(H,15,16);9-10H,3-6H2,1-2H3;3-6H,1-2H3;6,8-9H,3-5H2,1-2H3;3-5H2,1-2H3;8-9H,3-5H2,1-2H3;6,8-9,13H,3-5H2,1-2H3. The van der Waals surface area contributed by atoms with E-state index in [0.29, 0.717) is 163 Å². The Hall–Kier alpha value is -13.1. The molecular weight excluding hydrogens is 1790 g/mol. The summed E-state index contributed by atoms with van der Waals surface area (Å²) in [4.78, 5) is 119. The molecule has 1 spiro atoms. The van der Waals surface area contributed by atoms with E-state index in [9.17, 15) is 48.2 Å². The minimum atomic E-state index is -0.721. The van der Waals surface area contributed by atoms with Crippen molar-refractivity contribution < 1.29 is 88.9 Å². The Morgan fingerprint density at radius 1 is 0.388 bits per heavy atom. The summed E-state index contributed by atoms with van der Waals surface area (Å²) in [7, 11) is 3.44. The number of alkyl halides is 1. The Balaban J connectivity index is 0.000000125. The van der Waals surface area contributed by atoms with Gasteiger partial charge in [0.1, 0.15) is 23.5 Å². The molecule has 0 radical (unpaired) electrons. The number of aryl methyl sites for hydroxylation is 9. The molecule has 12 saturated carbocycles. The Bertz CT molecular complexity index is 6090. The maximum Gasteiger partial charge on any atom is 0.309 e. The molecule has 9 aromatic heterocycles. The van der Waals surface area contributed by atoms with Crippen LogP contribution in [-0.4, -0.2) is 180 Å². The second-order valence-corrected chi connectivity index (χ2v) is 39.9. The number of amides is 2. The van der Waals surface area contributed by atoms with Gasteiger partial charge in [0.25, 0.3) is 29.5 Å². The van der Waals surface area contributed by atoms with Crippen LogP contribution in [0.2, 0.25) is 0 Å². The van der Waals surface area contributed by atoms with Gasteiger partial charge >= 0.3 is 5.97 Å². The highest BCUT2D eigenvalue weighted by molar-refractivity contribution is 5.96. The van der Waals surface area contributed by atoms with E-state index in [4.69, 9.17) is 40.7 Å². The molecule has 9 heterocycles. The van der Waals surface area contributed by atoms with E-state index in [1.165, 1.54) is 11.8 Å². The molecule has 8 unspecified atom stereocenters. The van der Waals surface area contributed by atoms with E-state index in [-0.39, 0.29) is 69.4 Å². The highest BCUT2D eigenvalue weighted by atomic mass is 19.1. The largest absolute Gasteiger partial charge is 0.481 e. The number of benzene rings is 3. The van der Waals surface area contributed by atoms with Crippen molar-refractivity contribution in [3.8, 4) is 34.4 Å². The second-order valence-electron chi connectivity index (χ2n) is 39.9. The van der Waals surface area contributed by atoms with Gasteiger partial charge < -0.3 is 61.1 Å². The van der Waals surface area contributed by atoms with E-state index in [2.05, 4.69) is 104 Å². The number of fused-ring (bicyclic) bond motifs is 3. The summed E-state index contributed by atoms with van der Waals surface area (Å²) in [6.45, 7) is 26.8. The van der Waals surface area contributed by atoms with E-state index in [0.717, 1.165) is 176 Å². The first-order valence-corrected chi connectivity index (χ1v) is 47.8. The highest BCUT2D eigenvalue weighted by Crippen LogP contribution is 2.73. The van der Waals surface area contributed by atoms with Crippen LogP contribution in [0.3, 0.4) is 0 Å². The fourth-order valence-electron chi connectivity index (χ4n) is 19.9. The molecule has 740 valence electrons. The highest BCUT2D eigenvalue weighted by Gasteiger charge is 2.73. The van der Waals surface area contributed by atoms with Crippen LogP contribution in [0.25, 0.3) is 34.4 Å². The molecule has 12 aliphatic carbocycles. The van der Waals surface area contributed by atoms with E-state index < -0.39 is 17.6 Å². The minimum absolute atomic E-state index is 0.0224. The Morgan fingerprint density at radius 3 is 1.10 bits per heavy atom. The van der Waals surface area contributed by atoms with Crippen molar-refractivity contribution in [1.29, 1.82) is 0 Å². The molecule has 4 bridgehead atoms. The number of aliphatic hydroxyl groups is 1. The third kappa shape index (κ3) is 25.0. The first-order chi connectivity index (χ1) is 66.2. The van der Waals surface area contributed by atoms with Crippen molar-refractivity contribution in [3.05, 3.63) is 177 Å². The lowest BCUT2D eigenvalue weighted by Crippen LogP contribution is -2.67. The smallest absolute Gasteiger partial charge is 0.309 e. The van der Waals surface area contributed by atoms with Gasteiger partial charge in [0.15, 0.2) is 58.2 Å². The van der Waals surface area contributed by atoms with Crippen molar-refractivity contribution in [3.63, 3.8) is 0 Å². The summed E-state index contributed by atoms with van der Waals surface area (Å²) in [6, 6.07) is 21.7. The first-order valence-electron chi connectivity index (χ1n) is 47.8. The van der Waals surface area contributed by atoms with Gasteiger partial charge in [-0.2, -0.15) is 44.9 Å². The van der Waals surface area contributed by atoms with Gasteiger partial charge in [0, 0.05) is 99.9 Å². The summed E-state index contributed by atoms with van der Waals surface area (Å²) >= 11 is 0. The van der Waals surface area contributed by atoms with Crippen molar-refractivity contribution in [1.82, 2.24) is 101 Å². The van der Waals surface area contributed by atoms with Gasteiger partial charge in [-0.3, -0.25) is 33.6 Å². The number of aliphatic carboxylic acids is 1. The topological polar surface area (TPSA) is 525 Å². The van der Waals surface area contributed by atoms with Gasteiger partial charge in [0.2, 0.25) is 35.3 Å². The zero-order chi connectivity index (χ0) is 99.6. The molecule has 12 aliphatic rings. The summed E-state index contributed by atoms with van der Waals surface area (Å²) in [5.74, 6) is 14.0. The van der Waals surface area contributed by atoms with Crippen molar-refractivity contribution >= 4 is 40.9 Å². The van der Waals surface area contributed by atoms with Crippen molar-refractivity contribution in [2.24, 2.45) is 39.9 Å². The predicted octanol–water partition coefficient (Wildman–Crippen LogP) is 17.7. The van der Waals surface area contributed by atoms with Crippen LogP contribution in [0.15, 0.2) is 114 Å². The molecule has 12 aromatic rings. The van der Waals surface area contributed by atoms with Crippen molar-refractivity contribution in [2.75, 3.05) is 14.1 Å². The fourth-order valence-corrected chi connectivity index (χ4v) is 19.9. The number of nitrogens with one attached hydrogen (secondary N) is 1. The molecule has 139 heavy (non-hydrogen) atoms. The van der Waals surface area contributed by atoms with Crippen LogP contribution in [0, 0.1) is 102 Å². The zero-order valence-electron chi connectivity index (χ0n) is 82.1. The average Bonchev–Trinajstić information content (AvgIpc) is 1.52. The SMILES string of the molecule is CC(=O)C12CC(c3nc(C)no3)(C1)C2.CC(=O)C1CC2(C1)CC(c1nc(C)no1)C2.CC(=O)C1CCC(c2nc(C)no2)C1.CC(=O)c1ccc(-c2nc(C)no2)cc1.Cc1noc(-c2ccc(C(=O)N(C)C)cc2)n1.Cc1noc(-c2ccc(C(=O)NC3CC3)cc2)n1.Cc1noc(C23CCC(C(=O)O)(CC2)CC3)n1.Cc1noc(C2CCC(C)C(F)C2)n1.Cc1noc(C2CCC(C)C(O)C2)n1. The number of hydrogen-bond donors (Lipinski definition) is 3. The van der Waals surface area contributed by atoms with Crippen LogP contribution in [0.5, 0.6) is 0 Å². The average molecular weight is 1910 g/mol. The van der Waals surface area contributed by atoms with Crippen LogP contribution >= 0.6 is 0 Å². The molecular formula is C100H125FN20O18. The summed E-state index contributed by atoms with van der Waals surface area (Å²) in [5, 5.41) is 55.8. The number of halogens is 1. The van der Waals surface area contributed by atoms with Crippen molar-refractivity contribution in [2.45, 2.75) is 311 Å². The summed E-state index contributed by atoms with van der Waals surface area (Å²) < 4.78 is 59.5. The summed E-state index contributed by atoms with van der Waals surface area (Å²) in [6.07, 6.45) is 21.2. The lowest BCUT2D eigenvalue weighted by molar-refractivity contribution is -0.177. The third-order valence-electron chi connectivity index (χ3n) is 28.8. The number of carbonyl (C=O) groups is 7. The number of ketones is 4. The van der Waals surface area contributed by atoms with Gasteiger partial charge in [0.05, 0.1) is 16.9 Å². The quantitative estimate of drug-likeness (QED) is 0.0713. The van der Waals surface area contributed by atoms with E-state index >= 15 is 0 Å². The van der Waals surface area contributed by atoms with Crippen LogP contribution in [-0.2, 0) is 30.0 Å². The normalized spacial score (nSPS) is 26.2. The molecule has 0 saturated heterocycles. The maximum absolute atomic E-state index is 13.4. The van der Waals surface area contributed by atoms with Crippen LogP contribution < -0.4 is 5.32 Å². The number of carboxylic acid groups (broad SMARTS) is 1. The van der Waals surface area contributed by atoms with Gasteiger partial charge in [-0.15, -0.1) is 0 Å². The molecule has 8 atom stereocenters. The Kier molecular flexibility index (Phi) is 31.9. The van der Waals surface area contributed by atoms with Gasteiger partial charge in [-0.1, -0.05) is 72.4 Å².